The van der Waals surface area contributed by atoms with Crippen molar-refractivity contribution >= 4 is 17.4 Å². The fraction of sp³-hybridized carbons (Fsp3) is 0.400. The number of rotatable bonds is 5. The third kappa shape index (κ3) is 2.75. The van der Waals surface area contributed by atoms with Gasteiger partial charge in [-0.15, -0.1) is 0 Å². The van der Waals surface area contributed by atoms with Crippen LogP contribution in [0.3, 0.4) is 0 Å². The molecule has 2 rings (SSSR count). The van der Waals surface area contributed by atoms with E-state index in [1.165, 1.54) is 0 Å². The number of pyridine rings is 1. The second kappa shape index (κ2) is 6.18. The highest BCUT2D eigenvalue weighted by atomic mass is 35.5. The molecule has 20 heavy (non-hydrogen) atoms. The first kappa shape index (κ1) is 14.7. The molecule has 0 N–H and O–H groups in total. The van der Waals surface area contributed by atoms with Crippen LogP contribution in [0, 0.1) is 6.92 Å². The number of halogens is 1. The molecule has 0 aliphatic carbocycles. The van der Waals surface area contributed by atoms with Crippen molar-refractivity contribution in [3.63, 3.8) is 0 Å². The van der Waals surface area contributed by atoms with Crippen molar-refractivity contribution in [3.05, 3.63) is 46.0 Å². The minimum atomic E-state index is 0.0454. The van der Waals surface area contributed by atoms with E-state index in [2.05, 4.69) is 10.1 Å². The molecular formula is C15H18ClN3O. The molecule has 4 nitrogen and oxygen atoms in total. The summed E-state index contributed by atoms with van der Waals surface area (Å²) < 4.78 is 1.82. The van der Waals surface area contributed by atoms with Crippen molar-refractivity contribution in [2.24, 2.45) is 0 Å². The zero-order chi connectivity index (χ0) is 14.7. The van der Waals surface area contributed by atoms with Crippen molar-refractivity contribution in [2.75, 3.05) is 0 Å². The second-order valence-electron chi connectivity index (χ2n) is 4.67. The number of aromatic nitrogens is 3. The molecule has 2 aromatic heterocycles. The summed E-state index contributed by atoms with van der Waals surface area (Å²) in [4.78, 5) is 16.4. The summed E-state index contributed by atoms with van der Waals surface area (Å²) in [6, 6.07) is 1.75. The quantitative estimate of drug-likeness (QED) is 0.795. The molecule has 0 fully saturated rings. The molecule has 0 amide bonds. The average molecular weight is 292 g/mol. The van der Waals surface area contributed by atoms with E-state index >= 15 is 0 Å². The molecule has 5 heteroatoms. The molecule has 0 saturated carbocycles. The molecule has 2 heterocycles. The first-order chi connectivity index (χ1) is 9.58. The van der Waals surface area contributed by atoms with Crippen LogP contribution >= 0.6 is 11.6 Å². The first-order valence-electron chi connectivity index (χ1n) is 6.76. The number of nitrogens with zero attached hydrogens (tertiary/aromatic N) is 3. The largest absolute Gasteiger partial charge is 0.294 e. The molecule has 0 aliphatic rings. The topological polar surface area (TPSA) is 47.8 Å². The normalized spacial score (nSPS) is 10.8. The van der Waals surface area contributed by atoms with Gasteiger partial charge in [0.15, 0.2) is 5.78 Å². The van der Waals surface area contributed by atoms with E-state index < -0.39 is 0 Å². The van der Waals surface area contributed by atoms with Crippen molar-refractivity contribution in [3.8, 4) is 0 Å². The number of carbonyl (C=O) groups excluding carboxylic acids is 1. The van der Waals surface area contributed by atoms with Crippen LogP contribution in [0.25, 0.3) is 0 Å². The Morgan fingerprint density at radius 3 is 2.75 bits per heavy atom. The van der Waals surface area contributed by atoms with Gasteiger partial charge >= 0.3 is 0 Å². The Bertz CT molecular complexity index is 634. The van der Waals surface area contributed by atoms with Crippen LogP contribution < -0.4 is 0 Å². The second-order valence-corrected chi connectivity index (χ2v) is 5.05. The molecule has 0 aliphatic heterocycles. The summed E-state index contributed by atoms with van der Waals surface area (Å²) in [6.45, 7) is 6.59. The van der Waals surface area contributed by atoms with Crippen LogP contribution in [0.2, 0.25) is 5.02 Å². The molecule has 0 spiro atoms. The van der Waals surface area contributed by atoms with Gasteiger partial charge in [-0.25, -0.2) is 0 Å². The Morgan fingerprint density at radius 2 is 2.15 bits per heavy atom. The standard InChI is InChI=1S/C15H18ClN3O/c1-4-12-15(16)13(19(5-2)18-12)8-14(20)11-6-7-17-9-10(11)3/h6-7,9H,4-5,8H2,1-3H3. The lowest BCUT2D eigenvalue weighted by atomic mass is 10.0. The van der Waals surface area contributed by atoms with E-state index in [0.29, 0.717) is 17.1 Å². The van der Waals surface area contributed by atoms with E-state index in [4.69, 9.17) is 11.6 Å². The number of hydrogen-bond acceptors (Lipinski definition) is 3. The Kier molecular flexibility index (Phi) is 4.55. The summed E-state index contributed by atoms with van der Waals surface area (Å²) >= 11 is 6.33. The van der Waals surface area contributed by atoms with Gasteiger partial charge < -0.3 is 0 Å². The van der Waals surface area contributed by atoms with Gasteiger partial charge in [-0.3, -0.25) is 14.5 Å². The third-order valence-corrected chi connectivity index (χ3v) is 3.78. The molecule has 0 saturated heterocycles. The van der Waals surface area contributed by atoms with Gasteiger partial charge in [-0.2, -0.15) is 5.10 Å². The summed E-state index contributed by atoms with van der Waals surface area (Å²) in [7, 11) is 0. The number of ketones is 1. The molecule has 0 unspecified atom stereocenters. The van der Waals surface area contributed by atoms with Gasteiger partial charge in [-0.05, 0) is 31.9 Å². The molecule has 0 bridgehead atoms. The molecule has 0 atom stereocenters. The minimum Gasteiger partial charge on any atom is -0.294 e. The maximum absolute atomic E-state index is 12.4. The van der Waals surface area contributed by atoms with Crippen LogP contribution in [-0.2, 0) is 19.4 Å². The molecule has 2 aromatic rings. The zero-order valence-electron chi connectivity index (χ0n) is 12.0. The van der Waals surface area contributed by atoms with Crippen molar-refractivity contribution in [1.82, 2.24) is 14.8 Å². The number of aryl methyl sites for hydroxylation is 3. The predicted octanol–water partition coefficient (Wildman–Crippen LogP) is 3.25. The van der Waals surface area contributed by atoms with Gasteiger partial charge in [0.2, 0.25) is 0 Å². The summed E-state index contributed by atoms with van der Waals surface area (Å²) in [5, 5.41) is 5.06. The summed E-state index contributed by atoms with van der Waals surface area (Å²) in [5.74, 6) is 0.0454. The van der Waals surface area contributed by atoms with Gasteiger partial charge in [0.1, 0.15) is 0 Å². The monoisotopic (exact) mass is 291 g/mol. The van der Waals surface area contributed by atoms with E-state index in [9.17, 15) is 4.79 Å². The van der Waals surface area contributed by atoms with Crippen LogP contribution in [0.5, 0.6) is 0 Å². The number of Topliss-reactive ketones (excluding diaryl/α,β-unsaturated/α-hetero) is 1. The molecule has 0 radical (unpaired) electrons. The first-order valence-corrected chi connectivity index (χ1v) is 7.14. The Labute approximate surface area is 123 Å². The Balaban J connectivity index is 2.33. The van der Waals surface area contributed by atoms with E-state index in [1.807, 2.05) is 25.5 Å². The lowest BCUT2D eigenvalue weighted by molar-refractivity contribution is 0.0990. The maximum Gasteiger partial charge on any atom is 0.169 e. The number of carbonyl (C=O) groups is 1. The Hall–Kier alpha value is -1.68. The lowest BCUT2D eigenvalue weighted by Gasteiger charge is -2.06. The van der Waals surface area contributed by atoms with Crippen LogP contribution in [0.4, 0.5) is 0 Å². The number of hydrogen-bond donors (Lipinski definition) is 0. The molecule has 0 aromatic carbocycles. The maximum atomic E-state index is 12.4. The predicted molar refractivity (Wildman–Crippen MR) is 79.3 cm³/mol. The minimum absolute atomic E-state index is 0.0454. The fourth-order valence-electron chi connectivity index (χ4n) is 2.22. The highest BCUT2D eigenvalue weighted by molar-refractivity contribution is 6.32. The van der Waals surface area contributed by atoms with Crippen LogP contribution in [-0.4, -0.2) is 20.5 Å². The highest BCUT2D eigenvalue weighted by Gasteiger charge is 2.18. The zero-order valence-corrected chi connectivity index (χ0v) is 12.7. The summed E-state index contributed by atoms with van der Waals surface area (Å²) in [5.41, 5.74) is 3.22. The smallest absolute Gasteiger partial charge is 0.169 e. The average Bonchev–Trinajstić information content (AvgIpc) is 2.75. The lowest BCUT2D eigenvalue weighted by Crippen LogP contribution is -2.11. The summed E-state index contributed by atoms with van der Waals surface area (Å²) in [6.07, 6.45) is 4.37. The fourth-order valence-corrected chi connectivity index (χ4v) is 2.56. The van der Waals surface area contributed by atoms with Crippen molar-refractivity contribution in [1.29, 1.82) is 0 Å². The van der Waals surface area contributed by atoms with E-state index in [0.717, 1.165) is 23.4 Å². The van der Waals surface area contributed by atoms with Gasteiger partial charge in [0.05, 0.1) is 22.8 Å². The Morgan fingerprint density at radius 1 is 1.40 bits per heavy atom. The van der Waals surface area contributed by atoms with Gasteiger partial charge in [0, 0.05) is 24.5 Å². The SMILES string of the molecule is CCc1nn(CC)c(CC(=O)c2ccncc2C)c1Cl. The van der Waals surface area contributed by atoms with Crippen LogP contribution in [0.1, 0.15) is 41.2 Å². The van der Waals surface area contributed by atoms with Gasteiger partial charge in [0.25, 0.3) is 0 Å². The highest BCUT2D eigenvalue weighted by Crippen LogP contribution is 2.23. The van der Waals surface area contributed by atoms with Crippen molar-refractivity contribution in [2.45, 2.75) is 40.2 Å². The molecule has 106 valence electrons. The molecular weight excluding hydrogens is 274 g/mol. The van der Waals surface area contributed by atoms with E-state index in [-0.39, 0.29) is 12.2 Å². The van der Waals surface area contributed by atoms with Crippen molar-refractivity contribution < 1.29 is 4.79 Å². The van der Waals surface area contributed by atoms with Crippen LogP contribution in [0.15, 0.2) is 18.5 Å². The van der Waals surface area contributed by atoms with E-state index in [1.54, 1.807) is 18.5 Å². The third-order valence-electron chi connectivity index (χ3n) is 3.34. The van der Waals surface area contributed by atoms with Gasteiger partial charge in [-0.1, -0.05) is 18.5 Å².